The maximum Gasteiger partial charge on any atom is 0.301 e. The topological polar surface area (TPSA) is 75.4 Å². The highest BCUT2D eigenvalue weighted by atomic mass is 32.2. The van der Waals surface area contributed by atoms with Crippen LogP contribution in [0.4, 0.5) is 5.69 Å². The summed E-state index contributed by atoms with van der Waals surface area (Å²) in [6, 6.07) is 4.90. The summed E-state index contributed by atoms with van der Waals surface area (Å²) in [5, 5.41) is 0. The molecule has 1 heterocycles. The van der Waals surface area contributed by atoms with Crippen LogP contribution in [-0.4, -0.2) is 31.8 Å². The van der Waals surface area contributed by atoms with Crippen molar-refractivity contribution >= 4 is 27.0 Å². The molecule has 2 rings (SSSR count). The van der Waals surface area contributed by atoms with Gasteiger partial charge in [0, 0.05) is 20.2 Å². The molecule has 6 nitrogen and oxygen atoms in total. The molecular formula is C9H11N3O3S. The largest absolute Gasteiger partial charge is 0.443 e. The summed E-state index contributed by atoms with van der Waals surface area (Å²) >= 11 is 0. The summed E-state index contributed by atoms with van der Waals surface area (Å²) in [7, 11) is -0.574. The molecule has 16 heavy (non-hydrogen) atoms. The standard InChI is InChI=1S/C9H11N3O3S/c1-12(2)16(13,14)11-7-3-4-8-9(5-7)15-6-10-8/h3-6,11H,1-2H3. The lowest BCUT2D eigenvalue weighted by Crippen LogP contribution is -2.28. The minimum atomic E-state index is -3.48. The van der Waals surface area contributed by atoms with Gasteiger partial charge >= 0.3 is 10.2 Å². The molecule has 0 saturated carbocycles. The Bertz CT molecular complexity index is 603. The number of benzene rings is 1. The van der Waals surface area contributed by atoms with Crippen LogP contribution < -0.4 is 4.72 Å². The van der Waals surface area contributed by atoms with Crippen LogP contribution in [0.2, 0.25) is 0 Å². The smallest absolute Gasteiger partial charge is 0.301 e. The molecule has 0 bridgehead atoms. The van der Waals surface area contributed by atoms with Crippen molar-refractivity contribution in [3.63, 3.8) is 0 Å². The van der Waals surface area contributed by atoms with Gasteiger partial charge in [0.2, 0.25) is 0 Å². The van der Waals surface area contributed by atoms with Gasteiger partial charge in [-0.2, -0.15) is 12.7 Å². The molecule has 0 unspecified atom stereocenters. The molecular weight excluding hydrogens is 230 g/mol. The first-order chi connectivity index (χ1) is 7.49. The second kappa shape index (κ2) is 3.76. The molecule has 7 heteroatoms. The van der Waals surface area contributed by atoms with E-state index in [4.69, 9.17) is 4.42 Å². The molecule has 1 aromatic carbocycles. The second-order valence-electron chi connectivity index (χ2n) is 3.42. The fraction of sp³-hybridized carbons (Fsp3) is 0.222. The van der Waals surface area contributed by atoms with Gasteiger partial charge in [-0.25, -0.2) is 4.98 Å². The molecule has 0 fully saturated rings. The average molecular weight is 241 g/mol. The second-order valence-corrected chi connectivity index (χ2v) is 5.31. The highest BCUT2D eigenvalue weighted by Crippen LogP contribution is 2.18. The third kappa shape index (κ3) is 2.00. The number of anilines is 1. The van der Waals surface area contributed by atoms with E-state index in [9.17, 15) is 8.42 Å². The van der Waals surface area contributed by atoms with Crippen molar-refractivity contribution in [2.24, 2.45) is 0 Å². The van der Waals surface area contributed by atoms with Gasteiger partial charge in [-0.05, 0) is 12.1 Å². The van der Waals surface area contributed by atoms with Crippen LogP contribution in [0.25, 0.3) is 11.1 Å². The van der Waals surface area contributed by atoms with E-state index < -0.39 is 10.2 Å². The first-order valence-corrected chi connectivity index (χ1v) is 5.96. The zero-order valence-electron chi connectivity index (χ0n) is 8.84. The molecule has 0 aliphatic rings. The molecule has 0 radical (unpaired) electrons. The first kappa shape index (κ1) is 10.9. The third-order valence-corrected chi connectivity index (χ3v) is 3.51. The number of hydrogen-bond donors (Lipinski definition) is 1. The van der Waals surface area contributed by atoms with Crippen LogP contribution in [0.1, 0.15) is 0 Å². The normalized spacial score (nSPS) is 12.2. The molecule has 0 aliphatic heterocycles. The summed E-state index contributed by atoms with van der Waals surface area (Å²) in [6.07, 6.45) is 1.31. The van der Waals surface area contributed by atoms with E-state index in [1.807, 2.05) is 0 Å². The predicted molar refractivity (Wildman–Crippen MR) is 60.2 cm³/mol. The van der Waals surface area contributed by atoms with E-state index in [1.54, 1.807) is 18.2 Å². The van der Waals surface area contributed by atoms with Crippen molar-refractivity contribution in [3.05, 3.63) is 24.6 Å². The number of hydrogen-bond acceptors (Lipinski definition) is 4. The Kier molecular flexibility index (Phi) is 2.56. The summed E-state index contributed by atoms with van der Waals surface area (Å²) in [5.74, 6) is 0. The van der Waals surface area contributed by atoms with Gasteiger partial charge in [-0.1, -0.05) is 0 Å². The Hall–Kier alpha value is -1.60. The van der Waals surface area contributed by atoms with Crippen LogP contribution in [0.15, 0.2) is 29.0 Å². The lowest BCUT2D eigenvalue weighted by molar-refractivity contribution is 0.527. The first-order valence-electron chi connectivity index (χ1n) is 4.52. The number of rotatable bonds is 3. The highest BCUT2D eigenvalue weighted by Gasteiger charge is 2.13. The molecule has 1 aromatic heterocycles. The highest BCUT2D eigenvalue weighted by molar-refractivity contribution is 7.90. The minimum absolute atomic E-state index is 0.443. The molecule has 0 aliphatic carbocycles. The number of nitrogens with one attached hydrogen (secondary N) is 1. The van der Waals surface area contributed by atoms with Crippen LogP contribution in [0, 0.1) is 0 Å². The van der Waals surface area contributed by atoms with E-state index in [0.717, 1.165) is 4.31 Å². The number of aromatic nitrogens is 1. The fourth-order valence-corrected chi connectivity index (χ4v) is 1.77. The minimum Gasteiger partial charge on any atom is -0.443 e. The Labute approximate surface area is 93.1 Å². The summed E-state index contributed by atoms with van der Waals surface area (Å²) < 4.78 is 31.7. The molecule has 0 spiro atoms. The number of oxazole rings is 1. The van der Waals surface area contributed by atoms with Crippen LogP contribution in [0.3, 0.4) is 0 Å². The van der Waals surface area contributed by atoms with Gasteiger partial charge in [-0.15, -0.1) is 0 Å². The number of fused-ring (bicyclic) bond motifs is 1. The van der Waals surface area contributed by atoms with Crippen LogP contribution in [-0.2, 0) is 10.2 Å². The lowest BCUT2D eigenvalue weighted by Gasteiger charge is -2.12. The van der Waals surface area contributed by atoms with Crippen molar-refractivity contribution in [2.75, 3.05) is 18.8 Å². The molecule has 86 valence electrons. The average Bonchev–Trinajstić information content (AvgIpc) is 2.63. The summed E-state index contributed by atoms with van der Waals surface area (Å²) in [5.41, 5.74) is 1.67. The Morgan fingerprint density at radius 1 is 1.38 bits per heavy atom. The quantitative estimate of drug-likeness (QED) is 0.871. The van der Waals surface area contributed by atoms with Gasteiger partial charge in [0.05, 0.1) is 5.69 Å². The van der Waals surface area contributed by atoms with E-state index in [2.05, 4.69) is 9.71 Å². The van der Waals surface area contributed by atoms with E-state index in [-0.39, 0.29) is 0 Å². The van der Waals surface area contributed by atoms with Crippen molar-refractivity contribution in [1.82, 2.24) is 9.29 Å². The predicted octanol–water partition coefficient (Wildman–Crippen LogP) is 1.05. The third-order valence-electron chi connectivity index (χ3n) is 2.06. The lowest BCUT2D eigenvalue weighted by atomic mass is 10.3. The van der Waals surface area contributed by atoms with Gasteiger partial charge in [0.25, 0.3) is 0 Å². The fourth-order valence-electron chi connectivity index (χ4n) is 1.16. The molecule has 0 atom stereocenters. The van der Waals surface area contributed by atoms with Gasteiger partial charge in [-0.3, -0.25) is 4.72 Å². The summed E-state index contributed by atoms with van der Waals surface area (Å²) in [6.45, 7) is 0. The molecule has 2 aromatic rings. The van der Waals surface area contributed by atoms with E-state index in [0.29, 0.717) is 16.8 Å². The molecule has 0 saturated heterocycles. The Morgan fingerprint density at radius 3 is 2.81 bits per heavy atom. The maximum atomic E-state index is 11.5. The van der Waals surface area contributed by atoms with E-state index >= 15 is 0 Å². The van der Waals surface area contributed by atoms with Crippen molar-refractivity contribution in [1.29, 1.82) is 0 Å². The zero-order chi connectivity index (χ0) is 11.8. The van der Waals surface area contributed by atoms with Crippen LogP contribution in [0.5, 0.6) is 0 Å². The van der Waals surface area contributed by atoms with Gasteiger partial charge in [0.1, 0.15) is 5.52 Å². The zero-order valence-corrected chi connectivity index (χ0v) is 9.65. The summed E-state index contributed by atoms with van der Waals surface area (Å²) in [4.78, 5) is 3.94. The monoisotopic (exact) mass is 241 g/mol. The SMILES string of the molecule is CN(C)S(=O)(=O)Nc1ccc2ncoc2c1. The van der Waals surface area contributed by atoms with Gasteiger partial charge < -0.3 is 4.42 Å². The Morgan fingerprint density at radius 2 is 2.12 bits per heavy atom. The van der Waals surface area contributed by atoms with Gasteiger partial charge in [0.15, 0.2) is 12.0 Å². The van der Waals surface area contributed by atoms with E-state index in [1.165, 1.54) is 20.5 Å². The van der Waals surface area contributed by atoms with Crippen molar-refractivity contribution in [2.45, 2.75) is 0 Å². The van der Waals surface area contributed by atoms with Crippen molar-refractivity contribution < 1.29 is 12.8 Å². The van der Waals surface area contributed by atoms with Crippen molar-refractivity contribution in [3.8, 4) is 0 Å². The maximum absolute atomic E-state index is 11.5. The Balaban J connectivity index is 2.34. The molecule has 0 amide bonds. The molecule has 1 N–H and O–H groups in total. The van der Waals surface area contributed by atoms with Crippen LogP contribution >= 0.6 is 0 Å². The number of nitrogens with zero attached hydrogens (tertiary/aromatic N) is 2.